The van der Waals surface area contributed by atoms with Crippen LogP contribution in [0.1, 0.15) is 16.1 Å². The first-order valence-electron chi connectivity index (χ1n) is 5.26. The maximum absolute atomic E-state index is 12.0. The lowest BCUT2D eigenvalue weighted by molar-refractivity contribution is 0.102. The highest BCUT2D eigenvalue weighted by Crippen LogP contribution is 2.25. The quantitative estimate of drug-likeness (QED) is 0.905. The number of hydrogen-bond donors (Lipinski definition) is 1. The van der Waals surface area contributed by atoms with Crippen molar-refractivity contribution in [3.05, 3.63) is 57.3 Å². The van der Waals surface area contributed by atoms with Gasteiger partial charge in [0.15, 0.2) is 0 Å². The van der Waals surface area contributed by atoms with Crippen LogP contribution in [0.2, 0.25) is 5.02 Å². The Hall–Kier alpha value is -1.39. The minimum atomic E-state index is -0.185. The zero-order chi connectivity index (χ0) is 13.1. The molecule has 0 unspecified atom stereocenters. The zero-order valence-corrected chi connectivity index (χ0v) is 11.9. The second-order valence-corrected chi connectivity index (χ2v) is 4.98. The fourth-order valence-corrected chi connectivity index (χ4v) is 1.99. The average Bonchev–Trinajstić information content (AvgIpc) is 2.34. The number of pyridine rings is 1. The van der Waals surface area contributed by atoms with E-state index in [1.54, 1.807) is 43.5 Å². The molecule has 0 aliphatic rings. The fourth-order valence-electron chi connectivity index (χ4n) is 1.50. The molecule has 0 fully saturated rings. The monoisotopic (exact) mass is 324 g/mol. The molecule has 0 aliphatic carbocycles. The van der Waals surface area contributed by atoms with Crippen molar-refractivity contribution < 1.29 is 4.79 Å². The predicted molar refractivity (Wildman–Crippen MR) is 76.1 cm³/mol. The van der Waals surface area contributed by atoms with Crippen molar-refractivity contribution in [3.8, 4) is 0 Å². The van der Waals surface area contributed by atoms with E-state index in [-0.39, 0.29) is 5.91 Å². The number of halogens is 2. The maximum Gasteiger partial charge on any atom is 0.257 e. The van der Waals surface area contributed by atoms with Crippen LogP contribution in [-0.4, -0.2) is 10.9 Å². The molecule has 92 valence electrons. The summed E-state index contributed by atoms with van der Waals surface area (Å²) in [4.78, 5) is 16.1. The highest BCUT2D eigenvalue weighted by molar-refractivity contribution is 9.10. The minimum Gasteiger partial charge on any atom is -0.322 e. The standard InChI is InChI=1S/C13H10BrClN2O/c1-8-10(3-2-6-16-8)13(18)17-9-4-5-12(15)11(14)7-9/h2-7H,1H3,(H,17,18). The molecule has 5 heteroatoms. The smallest absolute Gasteiger partial charge is 0.257 e. The Morgan fingerprint density at radius 3 is 2.83 bits per heavy atom. The molecule has 0 aliphatic heterocycles. The van der Waals surface area contributed by atoms with Crippen molar-refractivity contribution in [1.29, 1.82) is 0 Å². The molecule has 2 aromatic rings. The van der Waals surface area contributed by atoms with Gasteiger partial charge in [-0.25, -0.2) is 0 Å². The van der Waals surface area contributed by atoms with Crippen molar-refractivity contribution >= 4 is 39.1 Å². The average molecular weight is 326 g/mol. The number of amides is 1. The van der Waals surface area contributed by atoms with Crippen LogP contribution in [0.3, 0.4) is 0 Å². The predicted octanol–water partition coefficient (Wildman–Crippen LogP) is 4.06. The SMILES string of the molecule is Cc1ncccc1C(=O)Nc1ccc(Cl)c(Br)c1. The Balaban J connectivity index is 2.22. The highest BCUT2D eigenvalue weighted by Gasteiger charge is 2.09. The van der Waals surface area contributed by atoms with Crippen LogP contribution >= 0.6 is 27.5 Å². The van der Waals surface area contributed by atoms with Gasteiger partial charge < -0.3 is 5.32 Å². The molecule has 2 rings (SSSR count). The summed E-state index contributed by atoms with van der Waals surface area (Å²) in [6.07, 6.45) is 1.66. The van der Waals surface area contributed by atoms with Crippen molar-refractivity contribution in [2.75, 3.05) is 5.32 Å². The summed E-state index contributed by atoms with van der Waals surface area (Å²) in [6, 6.07) is 8.70. The second kappa shape index (κ2) is 5.50. The van der Waals surface area contributed by atoms with E-state index in [1.807, 2.05) is 0 Å². The van der Waals surface area contributed by atoms with Crippen LogP contribution in [0, 0.1) is 6.92 Å². The maximum atomic E-state index is 12.0. The number of aryl methyl sites for hydroxylation is 1. The molecule has 1 aromatic carbocycles. The van der Waals surface area contributed by atoms with E-state index in [9.17, 15) is 4.79 Å². The number of hydrogen-bond acceptors (Lipinski definition) is 2. The molecule has 0 atom stereocenters. The third-order valence-electron chi connectivity index (χ3n) is 2.43. The molecular formula is C13H10BrClN2O. The van der Waals surface area contributed by atoms with Gasteiger partial charge in [-0.05, 0) is 53.2 Å². The molecule has 18 heavy (non-hydrogen) atoms. The lowest BCUT2D eigenvalue weighted by Gasteiger charge is -2.07. The number of carbonyl (C=O) groups is 1. The van der Waals surface area contributed by atoms with Gasteiger partial charge >= 0.3 is 0 Å². The van der Waals surface area contributed by atoms with E-state index < -0.39 is 0 Å². The first kappa shape index (κ1) is 13.1. The number of carbonyl (C=O) groups excluding carboxylic acids is 1. The van der Waals surface area contributed by atoms with Gasteiger partial charge in [0.05, 0.1) is 10.6 Å². The Labute approximate surface area is 118 Å². The summed E-state index contributed by atoms with van der Waals surface area (Å²) in [6.45, 7) is 1.80. The van der Waals surface area contributed by atoms with Crippen molar-refractivity contribution in [1.82, 2.24) is 4.98 Å². The largest absolute Gasteiger partial charge is 0.322 e. The van der Waals surface area contributed by atoms with Gasteiger partial charge in [-0.3, -0.25) is 9.78 Å². The van der Waals surface area contributed by atoms with Gasteiger partial charge in [-0.15, -0.1) is 0 Å². The van der Waals surface area contributed by atoms with Crippen molar-refractivity contribution in [2.45, 2.75) is 6.92 Å². The van der Waals surface area contributed by atoms with Crippen LogP contribution in [0.4, 0.5) is 5.69 Å². The van der Waals surface area contributed by atoms with E-state index in [0.717, 1.165) is 4.47 Å². The Kier molecular flexibility index (Phi) is 3.99. The summed E-state index contributed by atoms with van der Waals surface area (Å²) in [5.41, 5.74) is 1.94. The van der Waals surface area contributed by atoms with Gasteiger partial charge in [0, 0.05) is 22.1 Å². The molecule has 1 aromatic heterocycles. The number of rotatable bonds is 2. The molecule has 0 saturated carbocycles. The summed E-state index contributed by atoms with van der Waals surface area (Å²) in [5, 5.41) is 3.40. The van der Waals surface area contributed by atoms with E-state index in [2.05, 4.69) is 26.2 Å². The summed E-state index contributed by atoms with van der Waals surface area (Å²) in [7, 11) is 0. The second-order valence-electron chi connectivity index (χ2n) is 3.72. The summed E-state index contributed by atoms with van der Waals surface area (Å²) in [5.74, 6) is -0.185. The van der Waals surface area contributed by atoms with Gasteiger partial charge in [0.25, 0.3) is 5.91 Å². The van der Waals surface area contributed by atoms with Gasteiger partial charge in [0.1, 0.15) is 0 Å². The van der Waals surface area contributed by atoms with E-state index in [1.165, 1.54) is 0 Å². The number of nitrogens with zero attached hydrogens (tertiary/aromatic N) is 1. The number of nitrogens with one attached hydrogen (secondary N) is 1. The summed E-state index contributed by atoms with van der Waals surface area (Å²) >= 11 is 9.20. The number of benzene rings is 1. The molecule has 0 saturated heterocycles. The lowest BCUT2D eigenvalue weighted by atomic mass is 10.2. The highest BCUT2D eigenvalue weighted by atomic mass is 79.9. The zero-order valence-electron chi connectivity index (χ0n) is 9.58. The van der Waals surface area contributed by atoms with E-state index in [4.69, 9.17) is 11.6 Å². The van der Waals surface area contributed by atoms with E-state index >= 15 is 0 Å². The van der Waals surface area contributed by atoms with Crippen molar-refractivity contribution in [2.24, 2.45) is 0 Å². The Morgan fingerprint density at radius 1 is 1.39 bits per heavy atom. The van der Waals surface area contributed by atoms with Crippen LogP contribution < -0.4 is 5.32 Å². The first-order valence-corrected chi connectivity index (χ1v) is 6.43. The van der Waals surface area contributed by atoms with Crippen LogP contribution in [0.15, 0.2) is 41.0 Å². The third-order valence-corrected chi connectivity index (χ3v) is 3.64. The number of anilines is 1. The Morgan fingerprint density at radius 2 is 2.17 bits per heavy atom. The molecule has 0 bridgehead atoms. The topological polar surface area (TPSA) is 42.0 Å². The molecule has 3 nitrogen and oxygen atoms in total. The van der Waals surface area contributed by atoms with Crippen LogP contribution in [-0.2, 0) is 0 Å². The lowest BCUT2D eigenvalue weighted by Crippen LogP contribution is -2.13. The fraction of sp³-hybridized carbons (Fsp3) is 0.0769. The van der Waals surface area contributed by atoms with Crippen molar-refractivity contribution in [3.63, 3.8) is 0 Å². The normalized spacial score (nSPS) is 10.2. The van der Waals surface area contributed by atoms with Crippen LogP contribution in [0.25, 0.3) is 0 Å². The van der Waals surface area contributed by atoms with E-state index in [0.29, 0.717) is 22.0 Å². The number of aromatic nitrogens is 1. The van der Waals surface area contributed by atoms with Gasteiger partial charge in [0.2, 0.25) is 0 Å². The minimum absolute atomic E-state index is 0.185. The Bertz CT molecular complexity index is 601. The van der Waals surface area contributed by atoms with Gasteiger partial charge in [-0.1, -0.05) is 11.6 Å². The summed E-state index contributed by atoms with van der Waals surface area (Å²) < 4.78 is 0.741. The van der Waals surface area contributed by atoms with Gasteiger partial charge in [-0.2, -0.15) is 0 Å². The molecule has 0 radical (unpaired) electrons. The molecular weight excluding hydrogens is 316 g/mol. The molecule has 0 spiro atoms. The third kappa shape index (κ3) is 2.89. The molecule has 1 heterocycles. The molecule has 1 amide bonds. The molecule has 1 N–H and O–H groups in total. The first-order chi connectivity index (χ1) is 8.58. The van der Waals surface area contributed by atoms with Crippen LogP contribution in [0.5, 0.6) is 0 Å².